The van der Waals surface area contributed by atoms with Crippen molar-refractivity contribution in [2.45, 2.75) is 17.7 Å². The van der Waals surface area contributed by atoms with Gasteiger partial charge in [0.2, 0.25) is 0 Å². The van der Waals surface area contributed by atoms with Crippen LogP contribution in [0.25, 0.3) is 10.2 Å². The van der Waals surface area contributed by atoms with Crippen LogP contribution < -0.4 is 5.43 Å². The van der Waals surface area contributed by atoms with E-state index in [1.807, 2.05) is 36.4 Å². The summed E-state index contributed by atoms with van der Waals surface area (Å²) in [7, 11) is 0. The van der Waals surface area contributed by atoms with Crippen molar-refractivity contribution in [2.75, 3.05) is 5.75 Å². The Bertz CT molecular complexity index is 823. The van der Waals surface area contributed by atoms with Gasteiger partial charge in [0.1, 0.15) is 0 Å². The number of hydrogen-bond acceptors (Lipinski definition) is 5. The van der Waals surface area contributed by atoms with Crippen LogP contribution in [0.5, 0.6) is 0 Å². The molecule has 24 heavy (non-hydrogen) atoms. The van der Waals surface area contributed by atoms with Crippen LogP contribution in [0.2, 0.25) is 0 Å². The van der Waals surface area contributed by atoms with Crippen LogP contribution in [0.1, 0.15) is 18.1 Å². The normalized spacial score (nSPS) is 11.2. The fourth-order valence-corrected chi connectivity index (χ4v) is 3.95. The van der Waals surface area contributed by atoms with Gasteiger partial charge in [-0.1, -0.05) is 55.1 Å². The molecule has 1 heterocycles. The highest BCUT2D eigenvalue weighted by Crippen LogP contribution is 2.28. The van der Waals surface area contributed by atoms with E-state index in [2.05, 4.69) is 34.6 Å². The number of rotatable bonds is 6. The van der Waals surface area contributed by atoms with Crippen molar-refractivity contribution in [2.24, 2.45) is 5.10 Å². The molecule has 0 saturated heterocycles. The van der Waals surface area contributed by atoms with Crippen molar-refractivity contribution >= 4 is 45.4 Å². The van der Waals surface area contributed by atoms with E-state index in [1.165, 1.54) is 17.3 Å². The molecule has 1 amide bonds. The van der Waals surface area contributed by atoms with Gasteiger partial charge in [-0.3, -0.25) is 4.79 Å². The van der Waals surface area contributed by atoms with E-state index < -0.39 is 0 Å². The van der Waals surface area contributed by atoms with Crippen molar-refractivity contribution in [3.8, 4) is 0 Å². The van der Waals surface area contributed by atoms with E-state index >= 15 is 0 Å². The second-order valence-corrected chi connectivity index (χ2v) is 7.38. The lowest BCUT2D eigenvalue weighted by atomic mass is 10.1. The lowest BCUT2D eigenvalue weighted by Gasteiger charge is -1.99. The van der Waals surface area contributed by atoms with Crippen LogP contribution >= 0.6 is 23.1 Å². The summed E-state index contributed by atoms with van der Waals surface area (Å²) in [5.41, 5.74) is 5.77. The number of aryl methyl sites for hydroxylation is 1. The summed E-state index contributed by atoms with van der Waals surface area (Å²) in [6, 6.07) is 16.1. The summed E-state index contributed by atoms with van der Waals surface area (Å²) in [6.45, 7) is 2.12. The molecule has 2 aromatic carbocycles. The Labute approximate surface area is 149 Å². The van der Waals surface area contributed by atoms with Crippen LogP contribution in [-0.4, -0.2) is 22.9 Å². The summed E-state index contributed by atoms with van der Waals surface area (Å²) in [6.07, 6.45) is 2.66. The molecule has 0 bridgehead atoms. The van der Waals surface area contributed by atoms with Crippen molar-refractivity contribution < 1.29 is 4.79 Å². The molecule has 0 aliphatic carbocycles. The highest BCUT2D eigenvalue weighted by atomic mass is 32.2. The van der Waals surface area contributed by atoms with Gasteiger partial charge in [-0.2, -0.15) is 5.10 Å². The molecule has 1 aromatic heterocycles. The molecule has 0 saturated carbocycles. The van der Waals surface area contributed by atoms with E-state index in [9.17, 15) is 4.79 Å². The maximum absolute atomic E-state index is 11.9. The fourth-order valence-electron chi connectivity index (χ4n) is 2.09. The topological polar surface area (TPSA) is 54.4 Å². The molecule has 0 atom stereocenters. The van der Waals surface area contributed by atoms with Gasteiger partial charge in [0.05, 0.1) is 22.2 Å². The number of carbonyl (C=O) groups excluding carboxylic acids is 1. The van der Waals surface area contributed by atoms with Crippen LogP contribution in [0.15, 0.2) is 58.0 Å². The highest BCUT2D eigenvalue weighted by Gasteiger charge is 2.06. The largest absolute Gasteiger partial charge is 0.272 e. The van der Waals surface area contributed by atoms with Crippen molar-refractivity contribution in [1.82, 2.24) is 10.4 Å². The van der Waals surface area contributed by atoms with Gasteiger partial charge < -0.3 is 0 Å². The number of benzene rings is 2. The molecule has 0 aliphatic heterocycles. The van der Waals surface area contributed by atoms with E-state index in [0.717, 1.165) is 26.5 Å². The number of thioether (sulfide) groups is 1. The Balaban J connectivity index is 1.49. The quantitative estimate of drug-likeness (QED) is 0.411. The van der Waals surface area contributed by atoms with E-state index in [0.29, 0.717) is 5.75 Å². The molecule has 1 N–H and O–H groups in total. The van der Waals surface area contributed by atoms with Gasteiger partial charge in [0, 0.05) is 0 Å². The third-order valence-electron chi connectivity index (χ3n) is 3.39. The average Bonchev–Trinajstić information content (AvgIpc) is 3.03. The third kappa shape index (κ3) is 4.43. The molecule has 6 heteroatoms. The monoisotopic (exact) mass is 355 g/mol. The van der Waals surface area contributed by atoms with Gasteiger partial charge in [0.25, 0.3) is 5.91 Å². The zero-order valence-electron chi connectivity index (χ0n) is 13.2. The van der Waals surface area contributed by atoms with Gasteiger partial charge in [-0.05, 0) is 29.7 Å². The van der Waals surface area contributed by atoms with Crippen LogP contribution in [0.4, 0.5) is 0 Å². The number of hydrazone groups is 1. The van der Waals surface area contributed by atoms with Gasteiger partial charge in [-0.15, -0.1) is 11.3 Å². The molecule has 3 aromatic rings. The number of para-hydroxylation sites is 1. The number of aromatic nitrogens is 1. The molecule has 0 fully saturated rings. The molecule has 4 nitrogen and oxygen atoms in total. The van der Waals surface area contributed by atoms with E-state index in [4.69, 9.17) is 0 Å². The molecule has 0 radical (unpaired) electrons. The number of carbonyl (C=O) groups is 1. The first kappa shape index (κ1) is 16.7. The second kappa shape index (κ2) is 8.08. The highest BCUT2D eigenvalue weighted by molar-refractivity contribution is 8.01. The van der Waals surface area contributed by atoms with Gasteiger partial charge >= 0.3 is 0 Å². The summed E-state index contributed by atoms with van der Waals surface area (Å²) in [5, 5.41) is 4.00. The second-order valence-electron chi connectivity index (χ2n) is 5.12. The first-order valence-corrected chi connectivity index (χ1v) is 9.44. The number of nitrogens with one attached hydrogen (secondary N) is 1. The third-order valence-corrected chi connectivity index (χ3v) is 5.57. The zero-order chi connectivity index (χ0) is 16.8. The molecule has 122 valence electrons. The molecule has 3 rings (SSSR count). The first-order valence-electron chi connectivity index (χ1n) is 7.64. The fraction of sp³-hybridized carbons (Fsp3) is 0.167. The Morgan fingerprint density at radius 3 is 2.79 bits per heavy atom. The predicted molar refractivity (Wildman–Crippen MR) is 102 cm³/mol. The Kier molecular flexibility index (Phi) is 5.61. The summed E-state index contributed by atoms with van der Waals surface area (Å²) in [4.78, 5) is 16.3. The maximum Gasteiger partial charge on any atom is 0.250 e. The molecule has 0 spiro atoms. The Morgan fingerprint density at radius 2 is 2.04 bits per heavy atom. The number of nitrogens with zero attached hydrogens (tertiary/aromatic N) is 2. The molecule has 0 aliphatic rings. The lowest BCUT2D eigenvalue weighted by molar-refractivity contribution is -0.118. The van der Waals surface area contributed by atoms with Gasteiger partial charge in [0.15, 0.2) is 4.34 Å². The molecular formula is C18H17N3OS2. The van der Waals surface area contributed by atoms with Crippen LogP contribution in [0, 0.1) is 0 Å². The van der Waals surface area contributed by atoms with Crippen molar-refractivity contribution in [1.29, 1.82) is 0 Å². The first-order chi connectivity index (χ1) is 11.7. The minimum atomic E-state index is -0.138. The van der Waals surface area contributed by atoms with E-state index in [1.54, 1.807) is 17.6 Å². The smallest absolute Gasteiger partial charge is 0.250 e. The van der Waals surface area contributed by atoms with Crippen molar-refractivity contribution in [3.63, 3.8) is 0 Å². The summed E-state index contributed by atoms with van der Waals surface area (Å²) in [5.74, 6) is 0.159. The minimum absolute atomic E-state index is 0.138. The minimum Gasteiger partial charge on any atom is -0.272 e. The molecule has 0 unspecified atom stereocenters. The molecular weight excluding hydrogens is 338 g/mol. The van der Waals surface area contributed by atoms with Crippen LogP contribution in [0.3, 0.4) is 0 Å². The number of fused-ring (bicyclic) bond motifs is 1. The lowest BCUT2D eigenvalue weighted by Crippen LogP contribution is -2.19. The number of amides is 1. The van der Waals surface area contributed by atoms with E-state index in [-0.39, 0.29) is 5.91 Å². The Morgan fingerprint density at radius 1 is 1.25 bits per heavy atom. The number of hydrogen-bond donors (Lipinski definition) is 1. The number of thiazole rings is 1. The summed E-state index contributed by atoms with van der Waals surface area (Å²) < 4.78 is 2.03. The average molecular weight is 355 g/mol. The predicted octanol–water partition coefficient (Wildman–Crippen LogP) is 4.10. The Hall–Kier alpha value is -2.18. The summed E-state index contributed by atoms with van der Waals surface area (Å²) >= 11 is 3.02. The van der Waals surface area contributed by atoms with Crippen molar-refractivity contribution in [3.05, 3.63) is 59.7 Å². The zero-order valence-corrected chi connectivity index (χ0v) is 14.9. The maximum atomic E-state index is 11.9. The standard InChI is InChI=1S/C18H17N3OS2/c1-2-13-7-9-14(10-8-13)11-19-21-17(22)12-23-18-20-15-5-3-4-6-16(15)24-18/h3-11H,2,12H2,1H3,(H,21,22)/b19-11-. The SMILES string of the molecule is CCc1ccc(/C=N\NC(=O)CSc2nc3ccccc3s2)cc1. The van der Waals surface area contributed by atoms with Gasteiger partial charge in [-0.25, -0.2) is 10.4 Å². The van der Waals surface area contributed by atoms with Crippen LogP contribution in [-0.2, 0) is 11.2 Å².